The number of benzene rings is 1. The molecule has 3 rings (SSSR count). The number of thiazole rings is 1. The number of para-hydroxylation sites is 1. The smallest absolute Gasteiger partial charge is 0.225 e. The first-order valence-electron chi connectivity index (χ1n) is 10.4. The fraction of sp³-hybridized carbons (Fsp3) is 0.476. The fourth-order valence-electron chi connectivity index (χ4n) is 3.89. The van der Waals surface area contributed by atoms with Crippen LogP contribution in [-0.4, -0.2) is 47.2 Å². The number of rotatable bonds is 9. The maximum atomic E-state index is 13.2. The van der Waals surface area contributed by atoms with Gasteiger partial charge in [0.25, 0.3) is 0 Å². The number of hydrogen-bond acceptors (Lipinski definition) is 6. The summed E-state index contributed by atoms with van der Waals surface area (Å²) in [5.74, 6) is -0.982. The number of aliphatic imine (C=N–C) groups is 1. The molecule has 1 saturated carbocycles. The molecule has 3 unspecified atom stereocenters. The number of amides is 2. The van der Waals surface area contributed by atoms with Crippen molar-refractivity contribution in [2.45, 2.75) is 51.1 Å². The average Bonchev–Trinajstić information content (AvgIpc) is 3.35. The lowest BCUT2D eigenvalue weighted by Crippen LogP contribution is -2.48. The van der Waals surface area contributed by atoms with Gasteiger partial charge in [0.2, 0.25) is 17.6 Å². The molecular formula is C21H28N6O3S. The van der Waals surface area contributed by atoms with Crippen molar-refractivity contribution in [1.82, 2.24) is 15.6 Å². The third kappa shape index (κ3) is 6.00. The van der Waals surface area contributed by atoms with E-state index in [-0.39, 0.29) is 35.5 Å². The Kier molecular flexibility index (Phi) is 7.56. The third-order valence-corrected chi connectivity index (χ3v) is 6.38. The Hall–Kier alpha value is -3.01. The summed E-state index contributed by atoms with van der Waals surface area (Å²) in [5, 5.41) is 6.12. The van der Waals surface area contributed by atoms with Crippen molar-refractivity contribution < 1.29 is 14.4 Å². The number of nitrogens with zero attached hydrogens (tertiary/aromatic N) is 2. The molecule has 2 aromatic rings. The van der Waals surface area contributed by atoms with Crippen LogP contribution in [0.5, 0.6) is 0 Å². The first kappa shape index (κ1) is 22.7. The number of aromatic nitrogens is 1. The lowest BCUT2D eigenvalue weighted by Gasteiger charge is -2.23. The van der Waals surface area contributed by atoms with Crippen molar-refractivity contribution in [3.8, 4) is 0 Å². The van der Waals surface area contributed by atoms with Gasteiger partial charge in [-0.25, -0.2) is 4.98 Å². The summed E-state index contributed by atoms with van der Waals surface area (Å²) in [6.07, 6.45) is 3.18. The van der Waals surface area contributed by atoms with Gasteiger partial charge in [-0.3, -0.25) is 19.4 Å². The second kappa shape index (κ2) is 10.3. The number of hydrogen-bond donors (Lipinski definition) is 4. The number of guanidine groups is 1. The van der Waals surface area contributed by atoms with Gasteiger partial charge in [-0.05, 0) is 37.8 Å². The second-order valence-electron chi connectivity index (χ2n) is 7.71. The van der Waals surface area contributed by atoms with Crippen LogP contribution in [0, 0.1) is 5.92 Å². The van der Waals surface area contributed by atoms with Crippen molar-refractivity contribution in [3.63, 3.8) is 0 Å². The molecule has 0 bridgehead atoms. The molecule has 2 amide bonds. The molecule has 1 fully saturated rings. The predicted octanol–water partition coefficient (Wildman–Crippen LogP) is 1.32. The average molecular weight is 445 g/mol. The highest BCUT2D eigenvalue weighted by atomic mass is 32.1. The maximum absolute atomic E-state index is 13.2. The van der Waals surface area contributed by atoms with Gasteiger partial charge in [0.15, 0.2) is 11.0 Å². The first-order chi connectivity index (χ1) is 14.8. The maximum Gasteiger partial charge on any atom is 0.225 e. The van der Waals surface area contributed by atoms with Gasteiger partial charge in [-0.1, -0.05) is 18.6 Å². The lowest BCUT2D eigenvalue weighted by atomic mass is 10.00. The molecule has 31 heavy (non-hydrogen) atoms. The quantitative estimate of drug-likeness (QED) is 0.198. The minimum Gasteiger partial charge on any atom is -0.370 e. The Morgan fingerprint density at radius 2 is 2.03 bits per heavy atom. The highest BCUT2D eigenvalue weighted by Crippen LogP contribution is 2.27. The minimum atomic E-state index is -0.735. The summed E-state index contributed by atoms with van der Waals surface area (Å²) in [4.78, 5) is 46.1. The van der Waals surface area contributed by atoms with Crippen LogP contribution in [0.2, 0.25) is 0 Å². The Labute approximate surface area is 184 Å². The van der Waals surface area contributed by atoms with Crippen molar-refractivity contribution in [2.75, 3.05) is 6.54 Å². The zero-order valence-electron chi connectivity index (χ0n) is 17.5. The molecule has 0 radical (unpaired) electrons. The third-order valence-electron chi connectivity index (χ3n) is 5.32. The van der Waals surface area contributed by atoms with Crippen LogP contribution in [0.1, 0.15) is 48.8 Å². The Bertz CT molecular complexity index is 951. The normalized spacial score (nSPS) is 19.0. The zero-order valence-corrected chi connectivity index (χ0v) is 18.3. The van der Waals surface area contributed by atoms with Crippen molar-refractivity contribution >= 4 is 45.1 Å². The molecule has 1 aromatic heterocycles. The van der Waals surface area contributed by atoms with Crippen molar-refractivity contribution in [1.29, 1.82) is 0 Å². The van der Waals surface area contributed by atoms with Gasteiger partial charge in [0, 0.05) is 19.5 Å². The first-order valence-corrected chi connectivity index (χ1v) is 11.2. The van der Waals surface area contributed by atoms with E-state index in [1.54, 1.807) is 0 Å². The summed E-state index contributed by atoms with van der Waals surface area (Å²) >= 11 is 1.31. The second-order valence-corrected chi connectivity index (χ2v) is 8.74. The van der Waals surface area contributed by atoms with E-state index in [0.29, 0.717) is 30.8 Å². The zero-order chi connectivity index (χ0) is 22.4. The van der Waals surface area contributed by atoms with Gasteiger partial charge in [-0.2, -0.15) is 0 Å². The molecule has 0 aliphatic heterocycles. The van der Waals surface area contributed by atoms with Crippen LogP contribution in [0.25, 0.3) is 10.2 Å². The summed E-state index contributed by atoms with van der Waals surface area (Å²) < 4.78 is 0.915. The van der Waals surface area contributed by atoms with Gasteiger partial charge < -0.3 is 22.1 Å². The summed E-state index contributed by atoms with van der Waals surface area (Å²) in [6, 6.07) is 6.58. The highest BCUT2D eigenvalue weighted by molar-refractivity contribution is 7.20. The van der Waals surface area contributed by atoms with Crippen LogP contribution in [0.3, 0.4) is 0 Å². The number of fused-ring (bicyclic) bond motifs is 1. The van der Waals surface area contributed by atoms with Crippen LogP contribution in [-0.2, 0) is 9.59 Å². The van der Waals surface area contributed by atoms with Gasteiger partial charge in [0.05, 0.1) is 22.2 Å². The molecule has 1 aliphatic rings. The van der Waals surface area contributed by atoms with E-state index in [4.69, 9.17) is 11.5 Å². The Morgan fingerprint density at radius 1 is 1.26 bits per heavy atom. The molecule has 6 N–H and O–H groups in total. The van der Waals surface area contributed by atoms with Crippen LogP contribution >= 0.6 is 11.3 Å². The molecule has 0 saturated heterocycles. The minimum absolute atomic E-state index is 0.0119. The number of Topliss-reactive ketones (excluding diaryl/α,β-unsaturated/α-hetero) is 1. The van der Waals surface area contributed by atoms with Crippen LogP contribution < -0.4 is 22.1 Å². The van der Waals surface area contributed by atoms with E-state index in [0.717, 1.165) is 23.1 Å². The van der Waals surface area contributed by atoms with Crippen molar-refractivity contribution in [3.05, 3.63) is 29.3 Å². The molecule has 1 aromatic carbocycles. The largest absolute Gasteiger partial charge is 0.370 e. The summed E-state index contributed by atoms with van der Waals surface area (Å²) in [5.41, 5.74) is 11.5. The number of nitrogens with one attached hydrogen (secondary N) is 2. The standard InChI is InChI=1S/C21H28N6O3S/c1-12(28)25-14-8-4-6-13(14)19(30)26-16(9-5-11-24-21(22)23)18(29)20-27-15-7-2-3-10-17(15)31-20/h2-3,7,10,13-14,16H,4-6,8-9,11H2,1H3,(H,25,28)(H,26,30)(H4,22,23,24). The number of carbonyl (C=O) groups excluding carboxylic acids is 3. The molecule has 0 spiro atoms. The van der Waals surface area contributed by atoms with E-state index in [9.17, 15) is 14.4 Å². The van der Waals surface area contributed by atoms with E-state index < -0.39 is 6.04 Å². The lowest BCUT2D eigenvalue weighted by molar-refractivity contribution is -0.126. The Balaban J connectivity index is 1.75. The van der Waals surface area contributed by atoms with E-state index in [2.05, 4.69) is 20.6 Å². The number of carbonyl (C=O) groups is 3. The van der Waals surface area contributed by atoms with Gasteiger partial charge in [-0.15, -0.1) is 11.3 Å². The SMILES string of the molecule is CC(=O)NC1CCCC1C(=O)NC(CCCN=C(N)N)C(=O)c1nc2ccccc2s1. The van der Waals surface area contributed by atoms with Crippen LogP contribution in [0.15, 0.2) is 29.3 Å². The molecule has 166 valence electrons. The van der Waals surface area contributed by atoms with Gasteiger partial charge in [0.1, 0.15) is 0 Å². The molecule has 9 nitrogen and oxygen atoms in total. The summed E-state index contributed by atoms with van der Waals surface area (Å²) in [6.45, 7) is 1.80. The van der Waals surface area contributed by atoms with Gasteiger partial charge >= 0.3 is 0 Å². The fourth-order valence-corrected chi connectivity index (χ4v) is 4.85. The summed E-state index contributed by atoms with van der Waals surface area (Å²) in [7, 11) is 0. The Morgan fingerprint density at radius 3 is 2.74 bits per heavy atom. The topological polar surface area (TPSA) is 153 Å². The molecule has 10 heteroatoms. The van der Waals surface area contributed by atoms with E-state index in [1.807, 2.05) is 24.3 Å². The van der Waals surface area contributed by atoms with Crippen LogP contribution in [0.4, 0.5) is 0 Å². The molecule has 1 heterocycles. The molecule has 3 atom stereocenters. The highest BCUT2D eigenvalue weighted by Gasteiger charge is 2.35. The number of ketones is 1. The van der Waals surface area contributed by atoms with E-state index in [1.165, 1.54) is 18.3 Å². The van der Waals surface area contributed by atoms with E-state index >= 15 is 0 Å². The monoisotopic (exact) mass is 444 g/mol. The predicted molar refractivity (Wildman–Crippen MR) is 121 cm³/mol. The number of nitrogens with two attached hydrogens (primary N) is 2. The van der Waals surface area contributed by atoms with Crippen molar-refractivity contribution in [2.24, 2.45) is 22.4 Å². The molecule has 1 aliphatic carbocycles. The molecular weight excluding hydrogens is 416 g/mol.